The molecule has 0 radical (unpaired) electrons. The fraction of sp³-hybridized carbons (Fsp3) is 1.00. The SMILES string of the molecule is CON1CC(C)(C)NC(C)(C)C1. The van der Waals surface area contributed by atoms with Gasteiger partial charge in [-0.25, -0.2) is 0 Å². The van der Waals surface area contributed by atoms with Crippen LogP contribution in [-0.2, 0) is 4.84 Å². The summed E-state index contributed by atoms with van der Waals surface area (Å²) in [5, 5.41) is 5.58. The Hall–Kier alpha value is -0.120. The first-order valence-electron chi connectivity index (χ1n) is 4.43. The third-order valence-electron chi connectivity index (χ3n) is 2.08. The van der Waals surface area contributed by atoms with Crippen LogP contribution >= 0.6 is 0 Å². The summed E-state index contributed by atoms with van der Waals surface area (Å²) in [4.78, 5) is 5.26. The molecule has 0 amide bonds. The molecule has 12 heavy (non-hydrogen) atoms. The molecule has 0 aromatic heterocycles. The molecule has 0 aromatic carbocycles. The maximum absolute atomic E-state index is 5.26. The Morgan fingerprint density at radius 2 is 1.50 bits per heavy atom. The van der Waals surface area contributed by atoms with E-state index < -0.39 is 0 Å². The van der Waals surface area contributed by atoms with Gasteiger partial charge < -0.3 is 10.2 Å². The predicted molar refractivity (Wildman–Crippen MR) is 49.9 cm³/mol. The second-order valence-electron chi connectivity index (χ2n) is 4.87. The van der Waals surface area contributed by atoms with Gasteiger partial charge in [0, 0.05) is 24.2 Å². The summed E-state index contributed by atoms with van der Waals surface area (Å²) >= 11 is 0. The van der Waals surface area contributed by atoms with Gasteiger partial charge in [-0.1, -0.05) is 0 Å². The van der Waals surface area contributed by atoms with Crippen molar-refractivity contribution in [2.45, 2.75) is 38.8 Å². The van der Waals surface area contributed by atoms with Crippen LogP contribution < -0.4 is 5.32 Å². The third-order valence-corrected chi connectivity index (χ3v) is 2.08. The van der Waals surface area contributed by atoms with Crippen molar-refractivity contribution in [1.82, 2.24) is 10.4 Å². The zero-order valence-electron chi connectivity index (χ0n) is 8.77. The van der Waals surface area contributed by atoms with Crippen LogP contribution in [-0.4, -0.2) is 36.3 Å². The highest BCUT2D eigenvalue weighted by atomic mass is 16.7. The van der Waals surface area contributed by atoms with E-state index in [-0.39, 0.29) is 11.1 Å². The number of nitrogens with one attached hydrogen (secondary N) is 1. The lowest BCUT2D eigenvalue weighted by Gasteiger charge is -2.47. The normalized spacial score (nSPS) is 28.8. The summed E-state index contributed by atoms with van der Waals surface area (Å²) in [6.45, 7) is 10.7. The molecule has 1 fully saturated rings. The van der Waals surface area contributed by atoms with Crippen molar-refractivity contribution >= 4 is 0 Å². The van der Waals surface area contributed by atoms with Gasteiger partial charge >= 0.3 is 0 Å². The quantitative estimate of drug-likeness (QED) is 0.639. The molecule has 1 aliphatic rings. The Kier molecular flexibility index (Phi) is 2.47. The van der Waals surface area contributed by atoms with Crippen molar-refractivity contribution in [2.75, 3.05) is 20.2 Å². The minimum atomic E-state index is 0.137. The third kappa shape index (κ3) is 2.44. The van der Waals surface area contributed by atoms with Gasteiger partial charge in [-0.05, 0) is 27.7 Å². The van der Waals surface area contributed by atoms with Crippen LogP contribution in [0.3, 0.4) is 0 Å². The van der Waals surface area contributed by atoms with Crippen LogP contribution in [0.1, 0.15) is 27.7 Å². The van der Waals surface area contributed by atoms with Crippen molar-refractivity contribution < 1.29 is 4.84 Å². The molecule has 1 N–H and O–H groups in total. The summed E-state index contributed by atoms with van der Waals surface area (Å²) in [5.74, 6) is 0. The first-order chi connectivity index (χ1) is 5.35. The molecule has 0 atom stereocenters. The minimum Gasteiger partial charge on any atom is -0.304 e. The second kappa shape index (κ2) is 2.98. The maximum atomic E-state index is 5.26. The maximum Gasteiger partial charge on any atom is 0.0575 e. The average Bonchev–Trinajstić information content (AvgIpc) is 1.80. The van der Waals surface area contributed by atoms with E-state index in [0.717, 1.165) is 13.1 Å². The minimum absolute atomic E-state index is 0.137. The van der Waals surface area contributed by atoms with Gasteiger partial charge in [0.1, 0.15) is 0 Å². The Bertz CT molecular complexity index is 150. The molecule has 72 valence electrons. The lowest BCUT2D eigenvalue weighted by molar-refractivity contribution is -0.174. The van der Waals surface area contributed by atoms with Gasteiger partial charge in [-0.15, -0.1) is 0 Å². The number of hydroxylamine groups is 2. The monoisotopic (exact) mass is 172 g/mol. The van der Waals surface area contributed by atoms with E-state index in [1.54, 1.807) is 7.11 Å². The van der Waals surface area contributed by atoms with E-state index in [1.807, 2.05) is 5.06 Å². The smallest absolute Gasteiger partial charge is 0.0575 e. The van der Waals surface area contributed by atoms with Gasteiger partial charge in [-0.3, -0.25) is 0 Å². The molecule has 1 rings (SSSR count). The van der Waals surface area contributed by atoms with Crippen LogP contribution in [0.5, 0.6) is 0 Å². The summed E-state index contributed by atoms with van der Waals surface area (Å²) in [6.07, 6.45) is 0. The van der Waals surface area contributed by atoms with Gasteiger partial charge in [0.05, 0.1) is 7.11 Å². The molecular weight excluding hydrogens is 152 g/mol. The van der Waals surface area contributed by atoms with Crippen LogP contribution in [0.2, 0.25) is 0 Å². The van der Waals surface area contributed by atoms with Crippen molar-refractivity contribution in [3.05, 3.63) is 0 Å². The fourth-order valence-corrected chi connectivity index (χ4v) is 2.06. The highest BCUT2D eigenvalue weighted by molar-refractivity contribution is 4.95. The number of hydrogen-bond donors (Lipinski definition) is 1. The van der Waals surface area contributed by atoms with Crippen LogP contribution in [0.15, 0.2) is 0 Å². The van der Waals surface area contributed by atoms with E-state index >= 15 is 0 Å². The van der Waals surface area contributed by atoms with Gasteiger partial charge in [0.15, 0.2) is 0 Å². The Balaban J connectivity index is 2.66. The van der Waals surface area contributed by atoms with Gasteiger partial charge in [-0.2, -0.15) is 5.06 Å². The average molecular weight is 172 g/mol. The first-order valence-corrected chi connectivity index (χ1v) is 4.43. The van der Waals surface area contributed by atoms with E-state index in [1.165, 1.54) is 0 Å². The van der Waals surface area contributed by atoms with E-state index in [2.05, 4.69) is 33.0 Å². The topological polar surface area (TPSA) is 24.5 Å². The zero-order valence-corrected chi connectivity index (χ0v) is 8.77. The molecule has 0 aromatic rings. The van der Waals surface area contributed by atoms with Crippen molar-refractivity contribution in [1.29, 1.82) is 0 Å². The molecule has 3 nitrogen and oxygen atoms in total. The summed E-state index contributed by atoms with van der Waals surface area (Å²) < 4.78 is 0. The lowest BCUT2D eigenvalue weighted by Crippen LogP contribution is -2.66. The zero-order chi connectivity index (χ0) is 9.41. The first kappa shape index (κ1) is 9.96. The lowest BCUT2D eigenvalue weighted by atomic mass is 9.93. The number of piperazine rings is 1. The molecule has 0 bridgehead atoms. The Labute approximate surface area is 75.0 Å². The van der Waals surface area contributed by atoms with E-state index in [0.29, 0.717) is 0 Å². The van der Waals surface area contributed by atoms with Crippen LogP contribution in [0, 0.1) is 0 Å². The van der Waals surface area contributed by atoms with Crippen LogP contribution in [0.25, 0.3) is 0 Å². The standard InChI is InChI=1S/C9H20N2O/c1-8(2)6-11(12-5)7-9(3,4)10-8/h10H,6-7H2,1-5H3. The highest BCUT2D eigenvalue weighted by Crippen LogP contribution is 2.20. The molecule has 0 aliphatic carbocycles. The second-order valence-corrected chi connectivity index (χ2v) is 4.87. The summed E-state index contributed by atoms with van der Waals surface area (Å²) in [7, 11) is 1.73. The summed E-state index contributed by atoms with van der Waals surface area (Å²) in [6, 6.07) is 0. The van der Waals surface area contributed by atoms with E-state index in [4.69, 9.17) is 4.84 Å². The number of rotatable bonds is 1. The van der Waals surface area contributed by atoms with Crippen LogP contribution in [0.4, 0.5) is 0 Å². The largest absolute Gasteiger partial charge is 0.304 e. The Morgan fingerprint density at radius 3 is 1.83 bits per heavy atom. The number of hydrogen-bond acceptors (Lipinski definition) is 3. The van der Waals surface area contributed by atoms with Gasteiger partial charge in [0.2, 0.25) is 0 Å². The molecular formula is C9H20N2O. The van der Waals surface area contributed by atoms with Crippen molar-refractivity contribution in [3.8, 4) is 0 Å². The molecule has 3 heteroatoms. The molecule has 1 heterocycles. The molecule has 0 unspecified atom stereocenters. The van der Waals surface area contributed by atoms with E-state index in [9.17, 15) is 0 Å². The Morgan fingerprint density at radius 1 is 1.08 bits per heavy atom. The number of nitrogens with zero attached hydrogens (tertiary/aromatic N) is 1. The fourth-order valence-electron chi connectivity index (χ4n) is 2.06. The highest BCUT2D eigenvalue weighted by Gasteiger charge is 2.36. The van der Waals surface area contributed by atoms with Crippen molar-refractivity contribution in [3.63, 3.8) is 0 Å². The summed E-state index contributed by atoms with van der Waals surface area (Å²) in [5.41, 5.74) is 0.273. The molecule has 1 saturated heterocycles. The van der Waals surface area contributed by atoms with Crippen molar-refractivity contribution in [2.24, 2.45) is 0 Å². The predicted octanol–water partition coefficient (Wildman–Crippen LogP) is 1.01. The van der Waals surface area contributed by atoms with Gasteiger partial charge in [0.25, 0.3) is 0 Å². The molecule has 1 aliphatic heterocycles. The molecule has 0 spiro atoms. The molecule has 0 saturated carbocycles.